The zero-order valence-corrected chi connectivity index (χ0v) is 16.0. The molecule has 0 radical (unpaired) electrons. The largest absolute Gasteiger partial charge is 0.496 e. The number of thioether (sulfide) groups is 1. The maximum atomic E-state index is 5.58. The molecule has 1 unspecified atom stereocenters. The van der Waals surface area contributed by atoms with Crippen molar-refractivity contribution >= 4 is 17.4 Å². The molecule has 0 fully saturated rings. The van der Waals surface area contributed by atoms with Gasteiger partial charge in [0.05, 0.1) is 25.6 Å². The Morgan fingerprint density at radius 3 is 2.81 bits per heavy atom. The topological polar surface area (TPSA) is 25.6 Å². The van der Waals surface area contributed by atoms with Crippen molar-refractivity contribution in [1.29, 1.82) is 0 Å². The minimum Gasteiger partial charge on any atom is -0.496 e. The summed E-state index contributed by atoms with van der Waals surface area (Å²) in [7, 11) is 1.73. The maximum absolute atomic E-state index is 5.58. The summed E-state index contributed by atoms with van der Waals surface area (Å²) in [4.78, 5) is 3.76. The normalized spacial score (nSPS) is 16.8. The maximum Gasteiger partial charge on any atom is 0.123 e. The third-order valence-electron chi connectivity index (χ3n) is 4.85. The fourth-order valence-corrected chi connectivity index (χ4v) is 4.80. The van der Waals surface area contributed by atoms with Crippen molar-refractivity contribution in [1.82, 2.24) is 0 Å². The lowest BCUT2D eigenvalue weighted by molar-refractivity contribution is 0.411. The van der Waals surface area contributed by atoms with Gasteiger partial charge in [-0.2, -0.15) is 0 Å². The minimum absolute atomic E-state index is 0.433. The molecular weight excluding hydrogens is 342 g/mol. The molecule has 0 N–H and O–H groups in total. The lowest BCUT2D eigenvalue weighted by Crippen LogP contribution is -2.23. The van der Waals surface area contributed by atoms with Crippen LogP contribution in [0.1, 0.15) is 28.6 Å². The Bertz CT molecular complexity index is 876. The van der Waals surface area contributed by atoms with Gasteiger partial charge in [-0.05, 0) is 54.8 Å². The molecule has 0 bridgehead atoms. The highest BCUT2D eigenvalue weighted by Crippen LogP contribution is 2.45. The molecule has 3 nitrogen and oxygen atoms in total. The molecule has 134 valence electrons. The van der Waals surface area contributed by atoms with Crippen molar-refractivity contribution in [2.75, 3.05) is 18.6 Å². The summed E-state index contributed by atoms with van der Waals surface area (Å²) < 4.78 is 11.0. The van der Waals surface area contributed by atoms with Crippen LogP contribution in [0.4, 0.5) is 5.69 Å². The van der Waals surface area contributed by atoms with Crippen LogP contribution in [0.2, 0.25) is 0 Å². The lowest BCUT2D eigenvalue weighted by Gasteiger charge is -2.23. The van der Waals surface area contributed by atoms with E-state index in [9.17, 15) is 0 Å². The molecule has 4 rings (SSSR count). The molecular formula is C22H23NO2S. The molecule has 1 atom stereocenters. The van der Waals surface area contributed by atoms with Gasteiger partial charge in [0, 0.05) is 16.7 Å². The third kappa shape index (κ3) is 3.47. The fourth-order valence-electron chi connectivity index (χ4n) is 3.52. The van der Waals surface area contributed by atoms with Crippen LogP contribution in [0.15, 0.2) is 70.2 Å². The number of nitrogens with zero attached hydrogens (tertiary/aromatic N) is 1. The molecule has 1 aliphatic rings. The third-order valence-corrected chi connectivity index (χ3v) is 6.25. The molecule has 2 heterocycles. The minimum atomic E-state index is 0.433. The van der Waals surface area contributed by atoms with Crippen molar-refractivity contribution in [3.05, 3.63) is 77.7 Å². The summed E-state index contributed by atoms with van der Waals surface area (Å²) in [5.41, 5.74) is 3.85. The van der Waals surface area contributed by atoms with Gasteiger partial charge < -0.3 is 14.1 Å². The van der Waals surface area contributed by atoms with E-state index in [-0.39, 0.29) is 0 Å². The van der Waals surface area contributed by atoms with Crippen molar-refractivity contribution < 1.29 is 9.15 Å². The van der Waals surface area contributed by atoms with Crippen molar-refractivity contribution in [2.45, 2.75) is 30.0 Å². The van der Waals surface area contributed by atoms with Gasteiger partial charge >= 0.3 is 0 Å². The van der Waals surface area contributed by atoms with Crippen molar-refractivity contribution in [3.63, 3.8) is 0 Å². The van der Waals surface area contributed by atoms with Gasteiger partial charge in [-0.3, -0.25) is 0 Å². The van der Waals surface area contributed by atoms with E-state index in [2.05, 4.69) is 54.3 Å². The smallest absolute Gasteiger partial charge is 0.123 e. The molecule has 0 saturated heterocycles. The second-order valence-corrected chi connectivity index (χ2v) is 7.84. The average Bonchev–Trinajstić information content (AvgIpc) is 3.10. The van der Waals surface area contributed by atoms with Crippen LogP contribution in [-0.4, -0.2) is 13.7 Å². The number of benzene rings is 2. The van der Waals surface area contributed by atoms with E-state index in [1.807, 2.05) is 23.9 Å². The van der Waals surface area contributed by atoms with Crippen molar-refractivity contribution in [3.8, 4) is 5.75 Å². The number of ether oxygens (including phenoxy) is 1. The number of hydrogen-bond donors (Lipinski definition) is 0. The number of anilines is 1. The summed E-state index contributed by atoms with van der Waals surface area (Å²) >= 11 is 1.96. The predicted molar refractivity (Wildman–Crippen MR) is 107 cm³/mol. The molecule has 0 aliphatic carbocycles. The molecule has 4 heteroatoms. The Kier molecular flexibility index (Phi) is 4.93. The average molecular weight is 365 g/mol. The Hall–Kier alpha value is -2.33. The van der Waals surface area contributed by atoms with Gasteiger partial charge in [0.1, 0.15) is 11.5 Å². The van der Waals surface area contributed by atoms with Crippen molar-refractivity contribution in [2.24, 2.45) is 0 Å². The highest BCUT2D eigenvalue weighted by molar-refractivity contribution is 7.99. The first-order chi connectivity index (χ1) is 12.7. The molecule has 2 aromatic carbocycles. The van der Waals surface area contributed by atoms with Crippen LogP contribution in [0.5, 0.6) is 5.75 Å². The molecule has 1 aromatic heterocycles. The zero-order valence-electron chi connectivity index (χ0n) is 15.1. The Balaban J connectivity index is 1.63. The quantitative estimate of drug-likeness (QED) is 0.580. The van der Waals surface area contributed by atoms with E-state index in [4.69, 9.17) is 9.15 Å². The van der Waals surface area contributed by atoms with Crippen LogP contribution in [0.25, 0.3) is 0 Å². The molecule has 1 aliphatic heterocycles. The van der Waals surface area contributed by atoms with Gasteiger partial charge in [-0.15, -0.1) is 11.8 Å². The lowest BCUT2D eigenvalue weighted by atomic mass is 10.1. The van der Waals surface area contributed by atoms with Crippen LogP contribution in [-0.2, 0) is 6.54 Å². The van der Waals surface area contributed by atoms with E-state index >= 15 is 0 Å². The van der Waals surface area contributed by atoms with Gasteiger partial charge in [0.15, 0.2) is 0 Å². The molecule has 26 heavy (non-hydrogen) atoms. The first-order valence-electron chi connectivity index (χ1n) is 8.92. The Morgan fingerprint density at radius 1 is 1.15 bits per heavy atom. The van der Waals surface area contributed by atoms with E-state index in [0.29, 0.717) is 5.25 Å². The first-order valence-corrected chi connectivity index (χ1v) is 9.80. The van der Waals surface area contributed by atoms with Crippen LogP contribution in [0, 0.1) is 6.92 Å². The number of furan rings is 1. The number of rotatable bonds is 4. The number of aryl methyl sites for hydroxylation is 1. The van der Waals surface area contributed by atoms with E-state index in [1.54, 1.807) is 13.4 Å². The number of methoxy groups -OCH3 is 1. The van der Waals surface area contributed by atoms with Gasteiger partial charge in [-0.25, -0.2) is 0 Å². The summed E-state index contributed by atoms with van der Waals surface area (Å²) in [5.74, 6) is 1.95. The monoisotopic (exact) mass is 365 g/mol. The van der Waals surface area contributed by atoms with Gasteiger partial charge in [-0.1, -0.05) is 24.3 Å². The van der Waals surface area contributed by atoms with Crippen LogP contribution in [0.3, 0.4) is 0 Å². The second-order valence-electron chi connectivity index (χ2n) is 6.59. The second kappa shape index (κ2) is 7.50. The first kappa shape index (κ1) is 17.1. The molecule has 0 spiro atoms. The zero-order chi connectivity index (χ0) is 17.9. The standard InChI is InChI=1S/C22H23NO2S/c1-16-14-17(9-10-20(16)24-2)21-11-12-23(15-18-6-5-13-25-18)19-7-3-4-8-22(19)26-21/h3-10,13-14,21H,11-12,15H2,1-2H3. The van der Waals surface area contributed by atoms with Gasteiger partial charge in [0.25, 0.3) is 0 Å². The highest BCUT2D eigenvalue weighted by Gasteiger charge is 2.24. The Morgan fingerprint density at radius 2 is 2.04 bits per heavy atom. The number of fused-ring (bicyclic) bond motifs is 1. The summed E-state index contributed by atoms with van der Waals surface area (Å²) in [6, 6.07) is 19.2. The SMILES string of the molecule is COc1ccc(C2CCN(Cc3ccco3)c3ccccc3S2)cc1C. The predicted octanol–water partition coefficient (Wildman–Crippen LogP) is 5.84. The van der Waals surface area contributed by atoms with Crippen LogP contribution >= 0.6 is 11.8 Å². The Labute approximate surface area is 159 Å². The van der Waals surface area contributed by atoms with Crippen LogP contribution < -0.4 is 9.64 Å². The molecule has 3 aromatic rings. The summed E-state index contributed by atoms with van der Waals surface area (Å²) in [5, 5.41) is 0.433. The molecule has 0 saturated carbocycles. The van der Waals surface area contributed by atoms with E-state index < -0.39 is 0 Å². The molecule has 0 amide bonds. The van der Waals surface area contributed by atoms with E-state index in [0.717, 1.165) is 31.0 Å². The van der Waals surface area contributed by atoms with E-state index in [1.165, 1.54) is 21.7 Å². The number of para-hydroxylation sites is 1. The fraction of sp³-hybridized carbons (Fsp3) is 0.273. The summed E-state index contributed by atoms with van der Waals surface area (Å²) in [6.45, 7) is 3.92. The summed E-state index contributed by atoms with van der Waals surface area (Å²) in [6.07, 6.45) is 2.84. The number of hydrogen-bond acceptors (Lipinski definition) is 4. The van der Waals surface area contributed by atoms with Gasteiger partial charge in [0.2, 0.25) is 0 Å². The highest BCUT2D eigenvalue weighted by atomic mass is 32.2.